The number of anilines is 1. The normalized spacial score (nSPS) is 14.9. The number of halogens is 2. The second kappa shape index (κ2) is 5.47. The summed E-state index contributed by atoms with van der Waals surface area (Å²) in [5, 5.41) is 0.292. The van der Waals surface area contributed by atoms with Crippen molar-refractivity contribution in [2.45, 2.75) is 12.8 Å². The summed E-state index contributed by atoms with van der Waals surface area (Å²) in [6.07, 6.45) is 3.77. The molecule has 0 unspecified atom stereocenters. The van der Waals surface area contributed by atoms with Crippen molar-refractivity contribution in [1.82, 2.24) is 9.97 Å². The minimum atomic E-state index is 0.292. The van der Waals surface area contributed by atoms with Gasteiger partial charge in [0.25, 0.3) is 0 Å². The Morgan fingerprint density at radius 2 is 1.74 bits per heavy atom. The summed E-state index contributed by atoms with van der Waals surface area (Å²) in [5.74, 6) is 0.882. The van der Waals surface area contributed by atoms with E-state index in [2.05, 4.69) is 55.1 Å². The van der Waals surface area contributed by atoms with Gasteiger partial charge in [-0.25, -0.2) is 4.98 Å². The van der Waals surface area contributed by atoms with Gasteiger partial charge in [-0.2, -0.15) is 4.98 Å². The van der Waals surface area contributed by atoms with Crippen LogP contribution in [0.5, 0.6) is 0 Å². The average molecular weight is 339 g/mol. The quantitative estimate of drug-likeness (QED) is 0.745. The van der Waals surface area contributed by atoms with Gasteiger partial charge in [0.05, 0.1) is 4.47 Å². The summed E-state index contributed by atoms with van der Waals surface area (Å²) in [6, 6.07) is 8.62. The van der Waals surface area contributed by atoms with Crippen LogP contribution in [-0.4, -0.2) is 23.1 Å². The summed E-state index contributed by atoms with van der Waals surface area (Å²) in [7, 11) is 0. The van der Waals surface area contributed by atoms with E-state index in [4.69, 9.17) is 11.6 Å². The van der Waals surface area contributed by atoms with Crippen molar-refractivity contribution < 1.29 is 0 Å². The van der Waals surface area contributed by atoms with E-state index >= 15 is 0 Å². The first kappa shape index (κ1) is 12.9. The molecule has 98 valence electrons. The van der Waals surface area contributed by atoms with E-state index in [0.29, 0.717) is 5.28 Å². The fraction of sp³-hybridized carbons (Fsp3) is 0.286. The first-order chi connectivity index (χ1) is 9.24. The van der Waals surface area contributed by atoms with Crippen LogP contribution in [0.1, 0.15) is 11.1 Å². The second-order valence-electron chi connectivity index (χ2n) is 4.57. The minimum absolute atomic E-state index is 0.292. The van der Waals surface area contributed by atoms with E-state index in [-0.39, 0.29) is 0 Å². The molecule has 0 atom stereocenters. The predicted molar refractivity (Wildman–Crippen MR) is 80.8 cm³/mol. The predicted octanol–water partition coefficient (Wildman–Crippen LogP) is 3.50. The maximum absolute atomic E-state index is 5.90. The Bertz CT molecular complexity index is 576. The molecule has 1 aliphatic rings. The van der Waals surface area contributed by atoms with Crippen LogP contribution in [0.2, 0.25) is 5.28 Å². The fourth-order valence-corrected chi connectivity index (χ4v) is 3.01. The molecule has 2 aromatic rings. The van der Waals surface area contributed by atoms with E-state index in [1.807, 2.05) is 0 Å². The van der Waals surface area contributed by atoms with Crippen molar-refractivity contribution in [2.75, 3.05) is 18.0 Å². The maximum Gasteiger partial charge on any atom is 0.224 e. The van der Waals surface area contributed by atoms with E-state index in [9.17, 15) is 0 Å². The zero-order valence-electron chi connectivity index (χ0n) is 10.3. The molecule has 5 heteroatoms. The van der Waals surface area contributed by atoms with Crippen LogP contribution in [-0.2, 0) is 12.8 Å². The fourth-order valence-electron chi connectivity index (χ4n) is 2.44. The highest BCUT2D eigenvalue weighted by Crippen LogP contribution is 2.26. The van der Waals surface area contributed by atoms with Crippen molar-refractivity contribution in [3.63, 3.8) is 0 Å². The number of aromatic nitrogens is 2. The third kappa shape index (κ3) is 2.74. The van der Waals surface area contributed by atoms with E-state index in [1.165, 1.54) is 11.1 Å². The first-order valence-electron chi connectivity index (χ1n) is 6.24. The molecule has 0 radical (unpaired) electrons. The zero-order valence-corrected chi connectivity index (χ0v) is 12.7. The van der Waals surface area contributed by atoms with Gasteiger partial charge in [0.2, 0.25) is 5.28 Å². The van der Waals surface area contributed by atoms with E-state index in [0.717, 1.165) is 36.2 Å². The number of fused-ring (bicyclic) bond motifs is 1. The SMILES string of the molecule is Clc1ncc(Br)c(N2CCc3ccccc3CC2)n1. The van der Waals surface area contributed by atoms with Crippen LogP contribution in [0, 0.1) is 0 Å². The van der Waals surface area contributed by atoms with Gasteiger partial charge >= 0.3 is 0 Å². The highest BCUT2D eigenvalue weighted by Gasteiger charge is 2.17. The largest absolute Gasteiger partial charge is 0.355 e. The molecule has 0 spiro atoms. The molecule has 1 aromatic carbocycles. The highest BCUT2D eigenvalue weighted by atomic mass is 79.9. The van der Waals surface area contributed by atoms with Crippen LogP contribution in [0.15, 0.2) is 34.9 Å². The summed E-state index contributed by atoms with van der Waals surface area (Å²) in [6.45, 7) is 1.89. The number of hydrogen-bond donors (Lipinski definition) is 0. The molecule has 0 N–H and O–H groups in total. The van der Waals surface area contributed by atoms with Gasteiger partial charge in [-0.3, -0.25) is 0 Å². The van der Waals surface area contributed by atoms with Crippen LogP contribution in [0.25, 0.3) is 0 Å². The highest BCUT2D eigenvalue weighted by molar-refractivity contribution is 9.10. The summed E-state index contributed by atoms with van der Waals surface area (Å²) < 4.78 is 0.892. The zero-order chi connectivity index (χ0) is 13.2. The van der Waals surface area contributed by atoms with Crippen molar-refractivity contribution in [3.8, 4) is 0 Å². The molecule has 19 heavy (non-hydrogen) atoms. The van der Waals surface area contributed by atoms with Gasteiger partial charge < -0.3 is 4.90 Å². The van der Waals surface area contributed by atoms with E-state index in [1.54, 1.807) is 6.20 Å². The lowest BCUT2D eigenvalue weighted by molar-refractivity contribution is 0.785. The molecule has 1 aliphatic heterocycles. The van der Waals surface area contributed by atoms with Gasteiger partial charge in [-0.05, 0) is 51.5 Å². The molecule has 1 aromatic heterocycles. The molecule has 0 saturated heterocycles. The molecular weight excluding hydrogens is 326 g/mol. The molecule has 0 amide bonds. The standard InChI is InChI=1S/C14H13BrClN3/c15-12-9-17-14(16)18-13(12)19-7-5-10-3-1-2-4-11(10)6-8-19/h1-4,9H,5-8H2. The van der Waals surface area contributed by atoms with Crippen molar-refractivity contribution in [2.24, 2.45) is 0 Å². The molecule has 0 bridgehead atoms. The Balaban J connectivity index is 1.87. The number of nitrogens with zero attached hydrogens (tertiary/aromatic N) is 3. The van der Waals surface area contributed by atoms with Crippen molar-refractivity contribution in [3.05, 3.63) is 51.3 Å². The molecule has 0 fully saturated rings. The maximum atomic E-state index is 5.90. The molecule has 0 saturated carbocycles. The Morgan fingerprint density at radius 3 is 2.37 bits per heavy atom. The summed E-state index contributed by atoms with van der Waals surface area (Å²) in [5.41, 5.74) is 2.86. The van der Waals surface area contributed by atoms with Crippen molar-refractivity contribution >= 4 is 33.3 Å². The molecule has 2 heterocycles. The Labute approximate surface area is 125 Å². The molecule has 0 aliphatic carbocycles. The molecule has 3 rings (SSSR count). The third-order valence-electron chi connectivity index (χ3n) is 3.42. The van der Waals surface area contributed by atoms with Gasteiger partial charge in [0.15, 0.2) is 0 Å². The number of benzene rings is 1. The average Bonchev–Trinajstić information content (AvgIpc) is 2.64. The van der Waals surface area contributed by atoms with Crippen molar-refractivity contribution in [1.29, 1.82) is 0 Å². The topological polar surface area (TPSA) is 29.0 Å². The van der Waals surface area contributed by atoms with Gasteiger partial charge in [-0.15, -0.1) is 0 Å². The lowest BCUT2D eigenvalue weighted by Crippen LogP contribution is -2.27. The summed E-state index contributed by atoms with van der Waals surface area (Å²) >= 11 is 9.40. The lowest BCUT2D eigenvalue weighted by Gasteiger charge is -2.22. The Kier molecular flexibility index (Phi) is 3.71. The monoisotopic (exact) mass is 337 g/mol. The second-order valence-corrected chi connectivity index (χ2v) is 5.76. The molecular formula is C14H13BrClN3. The van der Waals surface area contributed by atoms with Crippen LogP contribution in [0.3, 0.4) is 0 Å². The molecule has 3 nitrogen and oxygen atoms in total. The van der Waals surface area contributed by atoms with Gasteiger partial charge in [0, 0.05) is 19.3 Å². The van der Waals surface area contributed by atoms with Crippen LogP contribution < -0.4 is 4.90 Å². The van der Waals surface area contributed by atoms with Crippen LogP contribution >= 0.6 is 27.5 Å². The summed E-state index contributed by atoms with van der Waals surface area (Å²) in [4.78, 5) is 10.6. The van der Waals surface area contributed by atoms with Gasteiger partial charge in [-0.1, -0.05) is 24.3 Å². The number of rotatable bonds is 1. The third-order valence-corrected chi connectivity index (χ3v) is 4.16. The number of hydrogen-bond acceptors (Lipinski definition) is 3. The van der Waals surface area contributed by atoms with E-state index < -0.39 is 0 Å². The minimum Gasteiger partial charge on any atom is -0.355 e. The first-order valence-corrected chi connectivity index (χ1v) is 7.41. The van der Waals surface area contributed by atoms with Crippen LogP contribution in [0.4, 0.5) is 5.82 Å². The Morgan fingerprint density at radius 1 is 1.11 bits per heavy atom. The van der Waals surface area contributed by atoms with Gasteiger partial charge in [0.1, 0.15) is 5.82 Å². The smallest absolute Gasteiger partial charge is 0.224 e. The lowest BCUT2D eigenvalue weighted by atomic mass is 10.0. The Hall–Kier alpha value is -1.13.